The van der Waals surface area contributed by atoms with Crippen LogP contribution in [0.4, 0.5) is 0 Å². The van der Waals surface area contributed by atoms with Gasteiger partial charge in [-0.2, -0.15) is 11.8 Å². The van der Waals surface area contributed by atoms with Crippen molar-refractivity contribution in [3.8, 4) is 0 Å². The molecule has 0 aromatic heterocycles. The topological polar surface area (TPSA) is 20.3 Å². The van der Waals surface area contributed by atoms with Gasteiger partial charge in [0.15, 0.2) is 0 Å². The van der Waals surface area contributed by atoms with Gasteiger partial charge in [0.25, 0.3) is 0 Å². The van der Waals surface area contributed by atoms with E-state index in [9.17, 15) is 4.79 Å². The van der Waals surface area contributed by atoms with Crippen LogP contribution in [-0.2, 0) is 4.79 Å². The first-order valence-electron chi connectivity index (χ1n) is 5.21. The second kappa shape index (κ2) is 5.86. The molecule has 0 spiro atoms. The number of halogens is 1. The second-order valence-corrected chi connectivity index (χ2v) is 5.16. The van der Waals surface area contributed by atoms with Gasteiger partial charge in [-0.15, -0.1) is 11.6 Å². The Labute approximate surface area is 95.4 Å². The molecule has 4 heteroatoms. The molecular formula is C10H18ClNOS. The number of hydrogen-bond acceptors (Lipinski definition) is 2. The number of rotatable bonds is 4. The summed E-state index contributed by atoms with van der Waals surface area (Å²) >= 11 is 8.08. The van der Waals surface area contributed by atoms with Gasteiger partial charge in [0.1, 0.15) is 5.38 Å². The summed E-state index contributed by atoms with van der Waals surface area (Å²) in [4.78, 5) is 13.7. The van der Waals surface area contributed by atoms with Gasteiger partial charge < -0.3 is 4.90 Å². The van der Waals surface area contributed by atoms with Crippen molar-refractivity contribution in [1.29, 1.82) is 0 Å². The fraction of sp³-hybridized carbons (Fsp3) is 0.900. The van der Waals surface area contributed by atoms with Gasteiger partial charge in [0.05, 0.1) is 0 Å². The van der Waals surface area contributed by atoms with E-state index in [4.69, 9.17) is 11.6 Å². The highest BCUT2D eigenvalue weighted by Gasteiger charge is 2.31. The van der Waals surface area contributed by atoms with Crippen LogP contribution in [0.25, 0.3) is 0 Å². The van der Waals surface area contributed by atoms with Crippen LogP contribution in [0.3, 0.4) is 0 Å². The highest BCUT2D eigenvalue weighted by atomic mass is 35.5. The third kappa shape index (κ3) is 2.80. The van der Waals surface area contributed by atoms with E-state index in [-0.39, 0.29) is 11.3 Å². The highest BCUT2D eigenvalue weighted by molar-refractivity contribution is 7.99. The maximum Gasteiger partial charge on any atom is 0.240 e. The minimum Gasteiger partial charge on any atom is -0.342 e. The Balaban J connectivity index is 2.49. The molecule has 1 aliphatic rings. The number of carbonyl (C=O) groups excluding carboxylic acids is 1. The molecule has 0 aromatic rings. The molecule has 14 heavy (non-hydrogen) atoms. The van der Waals surface area contributed by atoms with Gasteiger partial charge in [-0.1, -0.05) is 0 Å². The average molecular weight is 236 g/mol. The molecule has 1 aliphatic heterocycles. The molecule has 0 bridgehead atoms. The molecule has 1 amide bonds. The third-order valence-electron chi connectivity index (χ3n) is 2.69. The van der Waals surface area contributed by atoms with Gasteiger partial charge in [-0.3, -0.25) is 4.79 Å². The molecule has 1 saturated heterocycles. The summed E-state index contributed by atoms with van der Waals surface area (Å²) in [6, 6.07) is 0. The summed E-state index contributed by atoms with van der Waals surface area (Å²) in [7, 11) is 0. The van der Waals surface area contributed by atoms with E-state index in [1.807, 2.05) is 30.5 Å². The quantitative estimate of drug-likeness (QED) is 0.697. The zero-order valence-electron chi connectivity index (χ0n) is 8.83. The fourth-order valence-electron chi connectivity index (χ4n) is 1.69. The Bertz CT molecular complexity index is 191. The number of nitrogens with zero attached hydrogens (tertiary/aromatic N) is 1. The van der Waals surface area contributed by atoms with E-state index >= 15 is 0 Å². The molecule has 0 aromatic carbocycles. The number of hydrogen-bond donors (Lipinski definition) is 0. The average Bonchev–Trinajstić information content (AvgIpc) is 2.71. The third-order valence-corrected chi connectivity index (χ3v) is 4.42. The number of carbonyl (C=O) groups is 1. The standard InChI is InChI=1S/C10H18ClNOS/c1-3-12(4-2)10(13)9(11)8-5-6-14-7-8/h8-9H,3-7H2,1-2H3. The maximum absolute atomic E-state index is 11.9. The monoisotopic (exact) mass is 235 g/mol. The number of amides is 1. The van der Waals surface area contributed by atoms with Crippen LogP contribution < -0.4 is 0 Å². The van der Waals surface area contributed by atoms with Crippen LogP contribution in [0.2, 0.25) is 0 Å². The molecule has 0 radical (unpaired) electrons. The SMILES string of the molecule is CCN(CC)C(=O)C(Cl)C1CCSC1. The maximum atomic E-state index is 11.9. The first-order chi connectivity index (χ1) is 6.70. The molecule has 0 aliphatic carbocycles. The van der Waals surface area contributed by atoms with Crippen LogP contribution >= 0.6 is 23.4 Å². The molecule has 2 unspecified atom stereocenters. The van der Waals surface area contributed by atoms with Crippen molar-refractivity contribution in [2.75, 3.05) is 24.6 Å². The van der Waals surface area contributed by atoms with Crippen LogP contribution in [0, 0.1) is 5.92 Å². The van der Waals surface area contributed by atoms with Crippen molar-refractivity contribution >= 4 is 29.3 Å². The molecule has 1 heterocycles. The van der Waals surface area contributed by atoms with E-state index in [2.05, 4.69) is 0 Å². The Kier molecular flexibility index (Phi) is 5.10. The summed E-state index contributed by atoms with van der Waals surface area (Å²) in [5.41, 5.74) is 0. The van der Waals surface area contributed by atoms with E-state index < -0.39 is 0 Å². The molecule has 1 rings (SSSR count). The Morgan fingerprint density at radius 2 is 2.21 bits per heavy atom. The summed E-state index contributed by atoms with van der Waals surface area (Å²) in [5, 5.41) is -0.301. The minimum atomic E-state index is -0.301. The van der Waals surface area contributed by atoms with Crippen LogP contribution in [0.1, 0.15) is 20.3 Å². The first kappa shape index (κ1) is 12.2. The lowest BCUT2D eigenvalue weighted by molar-refractivity contribution is -0.131. The normalized spacial score (nSPS) is 23.5. The smallest absolute Gasteiger partial charge is 0.240 e. The molecule has 1 fully saturated rings. The van der Waals surface area contributed by atoms with Gasteiger partial charge >= 0.3 is 0 Å². The molecule has 0 saturated carbocycles. The van der Waals surface area contributed by atoms with Crippen LogP contribution in [-0.4, -0.2) is 40.8 Å². The van der Waals surface area contributed by atoms with Crippen molar-refractivity contribution in [3.05, 3.63) is 0 Å². The lowest BCUT2D eigenvalue weighted by atomic mass is 10.0. The van der Waals surface area contributed by atoms with Crippen molar-refractivity contribution in [2.24, 2.45) is 5.92 Å². The van der Waals surface area contributed by atoms with Crippen LogP contribution in [0.15, 0.2) is 0 Å². The minimum absolute atomic E-state index is 0.115. The summed E-state index contributed by atoms with van der Waals surface area (Å²) in [5.74, 6) is 2.69. The zero-order chi connectivity index (χ0) is 10.6. The molecular weight excluding hydrogens is 218 g/mol. The van der Waals surface area contributed by atoms with Crippen molar-refractivity contribution in [3.63, 3.8) is 0 Å². The Hall–Kier alpha value is 0.110. The summed E-state index contributed by atoms with van der Waals surface area (Å²) in [6.07, 6.45) is 1.09. The second-order valence-electron chi connectivity index (χ2n) is 3.54. The van der Waals surface area contributed by atoms with Crippen molar-refractivity contribution < 1.29 is 4.79 Å². The Morgan fingerprint density at radius 3 is 2.64 bits per heavy atom. The van der Waals surface area contributed by atoms with Crippen LogP contribution in [0.5, 0.6) is 0 Å². The predicted octanol–water partition coefficient (Wildman–Crippen LogP) is 2.22. The van der Waals surface area contributed by atoms with Gasteiger partial charge in [0.2, 0.25) is 5.91 Å². The molecule has 2 atom stereocenters. The van der Waals surface area contributed by atoms with E-state index in [1.165, 1.54) is 0 Å². The first-order valence-corrected chi connectivity index (χ1v) is 6.80. The van der Waals surface area contributed by atoms with E-state index in [1.54, 1.807) is 0 Å². The molecule has 82 valence electrons. The van der Waals surface area contributed by atoms with E-state index in [0.29, 0.717) is 5.92 Å². The summed E-state index contributed by atoms with van der Waals surface area (Å²) < 4.78 is 0. The largest absolute Gasteiger partial charge is 0.342 e. The fourth-order valence-corrected chi connectivity index (χ4v) is 3.45. The molecule has 0 N–H and O–H groups in total. The van der Waals surface area contributed by atoms with Crippen molar-refractivity contribution in [1.82, 2.24) is 4.90 Å². The van der Waals surface area contributed by atoms with E-state index in [0.717, 1.165) is 31.0 Å². The highest BCUT2D eigenvalue weighted by Crippen LogP contribution is 2.29. The zero-order valence-corrected chi connectivity index (χ0v) is 10.4. The van der Waals surface area contributed by atoms with Gasteiger partial charge in [-0.05, 0) is 37.7 Å². The number of alkyl halides is 1. The number of thioether (sulfide) groups is 1. The molecule has 2 nitrogen and oxygen atoms in total. The van der Waals surface area contributed by atoms with Crippen molar-refractivity contribution in [2.45, 2.75) is 25.6 Å². The summed E-state index contributed by atoms with van der Waals surface area (Å²) in [6.45, 7) is 5.51. The van der Waals surface area contributed by atoms with Gasteiger partial charge in [-0.25, -0.2) is 0 Å². The lowest BCUT2D eigenvalue weighted by Gasteiger charge is -2.24. The lowest BCUT2D eigenvalue weighted by Crippen LogP contribution is -2.39. The Morgan fingerprint density at radius 1 is 1.57 bits per heavy atom. The van der Waals surface area contributed by atoms with Gasteiger partial charge in [0, 0.05) is 13.1 Å². The predicted molar refractivity (Wildman–Crippen MR) is 63.0 cm³/mol.